The van der Waals surface area contributed by atoms with Gasteiger partial charge in [-0.3, -0.25) is 4.79 Å². The molecule has 10 saturated heterocycles. The van der Waals surface area contributed by atoms with Crippen molar-refractivity contribution in [2.45, 2.75) is 191 Å². The van der Waals surface area contributed by atoms with Crippen molar-refractivity contribution in [3.05, 3.63) is 24.3 Å². The van der Waals surface area contributed by atoms with Crippen molar-refractivity contribution >= 4 is 28.4 Å². The van der Waals surface area contributed by atoms with Gasteiger partial charge in [-0.25, -0.2) is 0 Å². The van der Waals surface area contributed by atoms with Crippen LogP contribution in [0.15, 0.2) is 24.3 Å². The molecule has 10 rings (SSSR count). The zero-order valence-electron chi connectivity index (χ0n) is 31.0. The number of aliphatic hydroxyl groups excluding tert-OH is 2. The van der Waals surface area contributed by atoms with E-state index in [9.17, 15) is 15.0 Å². The molecule has 10 fully saturated rings. The van der Waals surface area contributed by atoms with Crippen LogP contribution in [-0.4, -0.2) is 131 Å². The molecular weight excluding hydrogens is 799 g/mol. The molecule has 5 unspecified atom stereocenters. The Morgan fingerprint density at radius 3 is 2.43 bits per heavy atom. The lowest BCUT2D eigenvalue weighted by atomic mass is 9.81. The average Bonchev–Trinajstić information content (AvgIpc) is 3.76. The van der Waals surface area contributed by atoms with E-state index in [2.05, 4.69) is 42.7 Å². The standard InChI is InChI=1S/C40H57IO12/c1-19-11-24-5-7-28-20(2)12-26(46-28)9-10-39-18-40(41)38(53-39)37-36(52-40)35(51-39)34-29(50-37)8-6-25(48-34)13-22(43)14-27-31(16-30(47-24)21(19)3)49-32(33(27)45-4)15-23(44)17-42/h19,23-38,42,44H,2-3,5-18H2,1,4H3/t19-,23+,24+,25-,26?,27?,28?,29+,30-,31+,32?,33-,34+,35+,36+,37?,38-,39-,40-/m1/s1. The summed E-state index contributed by atoms with van der Waals surface area (Å²) in [7, 11) is 1.63. The third-order valence-electron chi connectivity index (χ3n) is 13.9. The topological polar surface area (TPSA) is 141 Å². The first-order valence-corrected chi connectivity index (χ1v) is 21.2. The highest BCUT2D eigenvalue weighted by molar-refractivity contribution is 14.1. The third kappa shape index (κ3) is 6.96. The summed E-state index contributed by atoms with van der Waals surface area (Å²) in [6.07, 6.45) is 3.69. The Morgan fingerprint density at radius 1 is 0.849 bits per heavy atom. The maximum atomic E-state index is 14.1. The summed E-state index contributed by atoms with van der Waals surface area (Å²) in [5.41, 5.74) is 2.16. The lowest BCUT2D eigenvalue weighted by Gasteiger charge is -2.47. The highest BCUT2D eigenvalue weighted by atomic mass is 127. The van der Waals surface area contributed by atoms with Crippen LogP contribution in [-0.2, 0) is 47.4 Å². The van der Waals surface area contributed by atoms with Crippen LogP contribution >= 0.6 is 22.6 Å². The molecular formula is C40H57IO12. The average molecular weight is 857 g/mol. The minimum absolute atomic E-state index is 0.0238. The number of aliphatic hydroxyl groups is 2. The Bertz CT molecular complexity index is 1430. The molecule has 12 nitrogen and oxygen atoms in total. The monoisotopic (exact) mass is 856 g/mol. The summed E-state index contributed by atoms with van der Waals surface area (Å²) in [4.78, 5) is 14.1. The first-order chi connectivity index (χ1) is 25.4. The molecule has 0 aromatic heterocycles. The number of hydrogen-bond donors (Lipinski definition) is 2. The van der Waals surface area contributed by atoms with Crippen molar-refractivity contribution in [3.63, 3.8) is 0 Å². The number of halogens is 1. The summed E-state index contributed by atoms with van der Waals surface area (Å²) in [6.45, 7) is 10.7. The molecule has 10 aliphatic rings. The highest BCUT2D eigenvalue weighted by Crippen LogP contribution is 2.61. The van der Waals surface area contributed by atoms with Gasteiger partial charge in [0.25, 0.3) is 0 Å². The van der Waals surface area contributed by atoms with Crippen molar-refractivity contribution in [1.29, 1.82) is 0 Å². The number of rotatable bonds is 4. The molecule has 19 atom stereocenters. The van der Waals surface area contributed by atoms with Gasteiger partial charge in [-0.15, -0.1) is 0 Å². The molecule has 10 aliphatic heterocycles. The van der Waals surface area contributed by atoms with E-state index in [1.54, 1.807) is 7.11 Å². The van der Waals surface area contributed by atoms with Crippen molar-refractivity contribution in [2.75, 3.05) is 13.7 Å². The fraction of sp³-hybridized carbons (Fsp3) is 0.875. The zero-order chi connectivity index (χ0) is 36.8. The fourth-order valence-electron chi connectivity index (χ4n) is 11.3. The lowest BCUT2D eigenvalue weighted by Crippen LogP contribution is -2.61. The predicted molar refractivity (Wildman–Crippen MR) is 197 cm³/mol. The zero-order valence-corrected chi connectivity index (χ0v) is 33.1. The van der Waals surface area contributed by atoms with Crippen LogP contribution in [0.25, 0.3) is 0 Å². The van der Waals surface area contributed by atoms with Gasteiger partial charge in [-0.05, 0) is 84.6 Å². The second kappa shape index (κ2) is 14.7. The number of carbonyl (C=O) groups excluding carboxylic acids is 1. The maximum absolute atomic E-state index is 14.1. The molecule has 2 N–H and O–H groups in total. The molecule has 0 saturated carbocycles. The van der Waals surface area contributed by atoms with Crippen LogP contribution < -0.4 is 0 Å². The smallest absolute Gasteiger partial charge is 0.173 e. The van der Waals surface area contributed by atoms with Gasteiger partial charge in [-0.2, -0.15) is 0 Å². The minimum atomic E-state index is -0.954. The summed E-state index contributed by atoms with van der Waals surface area (Å²) >= 11 is 2.42. The number of ether oxygens (including phenoxy) is 9. The van der Waals surface area contributed by atoms with Crippen LogP contribution in [0.5, 0.6) is 0 Å². The quantitative estimate of drug-likeness (QED) is 0.238. The molecule has 0 amide bonds. The summed E-state index contributed by atoms with van der Waals surface area (Å²) in [5.74, 6) is -0.766. The fourth-order valence-corrected chi connectivity index (χ4v) is 12.6. The van der Waals surface area contributed by atoms with Crippen molar-refractivity contribution < 1.29 is 57.6 Å². The molecule has 1 spiro atoms. The van der Waals surface area contributed by atoms with Crippen LogP contribution in [0, 0.1) is 11.8 Å². The molecule has 0 aromatic carbocycles. The van der Waals surface area contributed by atoms with Gasteiger partial charge in [0, 0.05) is 51.6 Å². The normalized spacial score (nSPS) is 53.0. The summed E-state index contributed by atoms with van der Waals surface area (Å²) < 4.78 is 59.8. The van der Waals surface area contributed by atoms with Crippen LogP contribution in [0.2, 0.25) is 0 Å². The van der Waals surface area contributed by atoms with E-state index in [-0.39, 0.29) is 117 Å². The van der Waals surface area contributed by atoms with Crippen molar-refractivity contribution in [3.8, 4) is 0 Å². The number of hydrogen-bond acceptors (Lipinski definition) is 12. The molecule has 10 heterocycles. The van der Waals surface area contributed by atoms with Crippen molar-refractivity contribution in [1.82, 2.24) is 0 Å². The van der Waals surface area contributed by atoms with Gasteiger partial charge in [0.2, 0.25) is 0 Å². The third-order valence-corrected chi connectivity index (χ3v) is 15.2. The van der Waals surface area contributed by atoms with Crippen LogP contribution in [0.3, 0.4) is 0 Å². The summed E-state index contributed by atoms with van der Waals surface area (Å²) in [5, 5.41) is 20.1. The second-order valence-corrected chi connectivity index (χ2v) is 19.4. The minimum Gasteiger partial charge on any atom is -0.394 e. The molecule has 0 aromatic rings. The highest BCUT2D eigenvalue weighted by Gasteiger charge is 2.74. The van der Waals surface area contributed by atoms with Gasteiger partial charge < -0.3 is 52.8 Å². The molecule has 0 radical (unpaired) electrons. The van der Waals surface area contributed by atoms with Crippen LogP contribution in [0.4, 0.5) is 0 Å². The number of Topliss-reactive ketones (excluding diaryl/α,β-unsaturated/α-hetero) is 1. The number of fused-ring (bicyclic) bond motifs is 6. The molecule has 0 aliphatic carbocycles. The molecule has 296 valence electrons. The molecule has 53 heavy (non-hydrogen) atoms. The van der Waals surface area contributed by atoms with Gasteiger partial charge in [-0.1, -0.05) is 20.1 Å². The second-order valence-electron chi connectivity index (χ2n) is 17.5. The van der Waals surface area contributed by atoms with Crippen molar-refractivity contribution in [2.24, 2.45) is 11.8 Å². The Hall–Kier alpha value is -0.560. The Labute approximate surface area is 326 Å². The first-order valence-electron chi connectivity index (χ1n) is 20.1. The Morgan fingerprint density at radius 2 is 1.62 bits per heavy atom. The van der Waals surface area contributed by atoms with E-state index >= 15 is 0 Å². The van der Waals surface area contributed by atoms with E-state index in [0.717, 1.165) is 49.7 Å². The number of ketones is 1. The van der Waals surface area contributed by atoms with Gasteiger partial charge >= 0.3 is 0 Å². The van der Waals surface area contributed by atoms with Gasteiger partial charge in [0.05, 0.1) is 67.6 Å². The van der Waals surface area contributed by atoms with Gasteiger partial charge in [0.15, 0.2) is 9.39 Å². The van der Waals surface area contributed by atoms with E-state index in [4.69, 9.17) is 42.6 Å². The van der Waals surface area contributed by atoms with E-state index in [1.165, 1.54) is 0 Å². The Balaban J connectivity index is 1.00. The number of methoxy groups -OCH3 is 1. The van der Waals surface area contributed by atoms with Gasteiger partial charge in [0.1, 0.15) is 36.3 Å². The molecule has 13 heteroatoms. The Kier molecular flexibility index (Phi) is 10.5. The number of alkyl halides is 1. The van der Waals surface area contributed by atoms with E-state index in [0.29, 0.717) is 25.7 Å². The largest absolute Gasteiger partial charge is 0.394 e. The van der Waals surface area contributed by atoms with E-state index < -0.39 is 27.7 Å². The van der Waals surface area contributed by atoms with E-state index in [1.807, 2.05) is 0 Å². The number of carbonyl (C=O) groups is 1. The predicted octanol–water partition coefficient (Wildman–Crippen LogP) is 4.23. The van der Waals surface area contributed by atoms with Crippen LogP contribution in [0.1, 0.15) is 90.4 Å². The first kappa shape index (κ1) is 38.0. The molecule has 12 bridgehead atoms. The SMILES string of the molecule is C=C1CC2CC[C@@]34C[C@@]5(I)O[C@@H]6C(O[C@H]7CC[C@H](CC(=O)CC8[C@@H](OC)C(C[C@H](O)CO)O[C@H]8C[C@H]8O[C@@H](CCC1O2)C[C@@H](C)C8=C)O[C@@H]7[C@@H]6O3)[C@H]5O4. The summed E-state index contributed by atoms with van der Waals surface area (Å²) in [6, 6.07) is 0. The lowest BCUT2D eigenvalue weighted by molar-refractivity contribution is -0.293. The maximum Gasteiger partial charge on any atom is 0.173 e.